The fourth-order valence-electron chi connectivity index (χ4n) is 0.739. The predicted molar refractivity (Wildman–Crippen MR) is 46.5 cm³/mol. The molecule has 1 aromatic heterocycles. The topological polar surface area (TPSA) is 52.8 Å². The number of rotatable bonds is 3. The second kappa shape index (κ2) is 4.14. The molecule has 5 heteroatoms. The zero-order chi connectivity index (χ0) is 8.97. The molecule has 1 rings (SSSR count). The summed E-state index contributed by atoms with van der Waals surface area (Å²) in [5.41, 5.74) is 0. The van der Waals surface area contributed by atoms with Crippen molar-refractivity contribution in [1.29, 1.82) is 5.26 Å². The van der Waals surface area contributed by atoms with Crippen LogP contribution >= 0.6 is 11.5 Å². The lowest BCUT2D eigenvalue weighted by Crippen LogP contribution is -2.26. The molecule has 0 radical (unpaired) electrons. The highest BCUT2D eigenvalue weighted by Gasteiger charge is 2.08. The summed E-state index contributed by atoms with van der Waals surface area (Å²) < 4.78 is 3.74. The van der Waals surface area contributed by atoms with Crippen molar-refractivity contribution in [2.24, 2.45) is 0 Å². The van der Waals surface area contributed by atoms with E-state index in [1.54, 1.807) is 6.20 Å². The summed E-state index contributed by atoms with van der Waals surface area (Å²) in [4.78, 5) is 3.04. The molecular formula is C7H10N4S. The first kappa shape index (κ1) is 9.10. The predicted octanol–water partition coefficient (Wildman–Crippen LogP) is 0.882. The van der Waals surface area contributed by atoms with Crippen molar-refractivity contribution in [1.82, 2.24) is 14.5 Å². The van der Waals surface area contributed by atoms with Crippen LogP contribution in [-0.4, -0.2) is 27.6 Å². The Labute approximate surface area is 75.6 Å². The number of nitrogens with zero attached hydrogens (tertiary/aromatic N) is 4. The quantitative estimate of drug-likeness (QED) is 0.696. The van der Waals surface area contributed by atoms with Crippen molar-refractivity contribution in [3.63, 3.8) is 0 Å². The van der Waals surface area contributed by atoms with E-state index in [1.807, 2.05) is 18.9 Å². The molecule has 12 heavy (non-hydrogen) atoms. The minimum Gasteiger partial charge on any atom is -0.286 e. The van der Waals surface area contributed by atoms with Gasteiger partial charge >= 0.3 is 0 Å². The Morgan fingerprint density at radius 3 is 3.08 bits per heavy atom. The molecule has 0 aliphatic carbocycles. The monoisotopic (exact) mass is 182 g/mol. The Bertz CT molecular complexity index is 263. The molecular weight excluding hydrogens is 172 g/mol. The fraction of sp³-hybridized carbons (Fsp3) is 0.571. The van der Waals surface area contributed by atoms with Crippen LogP contribution in [0.25, 0.3) is 0 Å². The van der Waals surface area contributed by atoms with Crippen LogP contribution in [0, 0.1) is 11.3 Å². The zero-order valence-corrected chi connectivity index (χ0v) is 7.88. The Morgan fingerprint density at radius 1 is 1.83 bits per heavy atom. The van der Waals surface area contributed by atoms with Crippen LogP contribution in [-0.2, 0) is 6.54 Å². The molecule has 0 saturated heterocycles. The molecule has 0 amide bonds. The van der Waals surface area contributed by atoms with Crippen molar-refractivity contribution in [2.75, 3.05) is 7.05 Å². The van der Waals surface area contributed by atoms with Gasteiger partial charge in [0.15, 0.2) is 0 Å². The van der Waals surface area contributed by atoms with Crippen molar-refractivity contribution < 1.29 is 0 Å². The zero-order valence-electron chi connectivity index (χ0n) is 7.06. The highest BCUT2D eigenvalue weighted by Crippen LogP contribution is 2.07. The molecule has 0 fully saturated rings. The van der Waals surface area contributed by atoms with Gasteiger partial charge in [-0.25, -0.2) is 0 Å². The van der Waals surface area contributed by atoms with Gasteiger partial charge in [0.2, 0.25) is 0 Å². The van der Waals surface area contributed by atoms with Gasteiger partial charge < -0.3 is 0 Å². The van der Waals surface area contributed by atoms with Crippen molar-refractivity contribution in [3.8, 4) is 6.07 Å². The van der Waals surface area contributed by atoms with E-state index in [9.17, 15) is 0 Å². The molecule has 1 heterocycles. The van der Waals surface area contributed by atoms with E-state index in [1.165, 1.54) is 11.5 Å². The second-order valence-corrected chi connectivity index (χ2v) is 3.47. The van der Waals surface area contributed by atoms with Gasteiger partial charge in [-0.15, -0.1) is 5.10 Å². The normalized spacial score (nSPS) is 12.8. The van der Waals surface area contributed by atoms with Gasteiger partial charge in [-0.2, -0.15) is 5.26 Å². The molecule has 4 nitrogen and oxygen atoms in total. The minimum atomic E-state index is -0.0629. The molecule has 1 aromatic rings. The summed E-state index contributed by atoms with van der Waals surface area (Å²) in [7, 11) is 1.91. The third kappa shape index (κ3) is 2.26. The van der Waals surface area contributed by atoms with E-state index in [0.717, 1.165) is 11.4 Å². The van der Waals surface area contributed by atoms with Gasteiger partial charge in [0.25, 0.3) is 0 Å². The van der Waals surface area contributed by atoms with Crippen LogP contribution in [0.2, 0.25) is 0 Å². The molecule has 0 aliphatic rings. The van der Waals surface area contributed by atoms with Crippen molar-refractivity contribution in [2.45, 2.75) is 19.5 Å². The van der Waals surface area contributed by atoms with Gasteiger partial charge in [0.1, 0.15) is 0 Å². The van der Waals surface area contributed by atoms with Crippen LogP contribution in [0.15, 0.2) is 6.20 Å². The Balaban J connectivity index is 2.48. The fourth-order valence-corrected chi connectivity index (χ4v) is 1.29. The molecule has 1 atom stereocenters. The van der Waals surface area contributed by atoms with Gasteiger partial charge in [0, 0.05) is 6.54 Å². The van der Waals surface area contributed by atoms with E-state index in [0.29, 0.717) is 0 Å². The van der Waals surface area contributed by atoms with E-state index < -0.39 is 0 Å². The van der Waals surface area contributed by atoms with E-state index in [-0.39, 0.29) is 6.04 Å². The van der Waals surface area contributed by atoms with Crippen LogP contribution in [0.5, 0.6) is 0 Å². The first-order valence-corrected chi connectivity index (χ1v) is 4.37. The maximum absolute atomic E-state index is 8.61. The highest BCUT2D eigenvalue weighted by molar-refractivity contribution is 7.05. The molecule has 0 aromatic carbocycles. The average Bonchev–Trinajstić information content (AvgIpc) is 2.55. The Morgan fingerprint density at radius 2 is 2.58 bits per heavy atom. The first-order valence-electron chi connectivity index (χ1n) is 3.60. The van der Waals surface area contributed by atoms with Crippen LogP contribution in [0.4, 0.5) is 0 Å². The maximum Gasteiger partial charge on any atom is 0.0950 e. The Hall–Kier alpha value is -0.990. The van der Waals surface area contributed by atoms with Gasteiger partial charge in [-0.3, -0.25) is 4.90 Å². The lowest BCUT2D eigenvalue weighted by Gasteiger charge is -2.16. The van der Waals surface area contributed by atoms with E-state index in [2.05, 4.69) is 15.7 Å². The largest absolute Gasteiger partial charge is 0.286 e. The number of nitriles is 1. The van der Waals surface area contributed by atoms with E-state index >= 15 is 0 Å². The lowest BCUT2D eigenvalue weighted by atomic mass is 10.3. The number of hydrogen-bond acceptors (Lipinski definition) is 5. The molecule has 0 bridgehead atoms. The summed E-state index contributed by atoms with van der Waals surface area (Å²) in [6.45, 7) is 2.61. The molecule has 0 N–H and O–H groups in total. The molecule has 0 saturated carbocycles. The summed E-state index contributed by atoms with van der Waals surface area (Å²) in [6.07, 6.45) is 1.73. The highest BCUT2D eigenvalue weighted by atomic mass is 32.1. The summed E-state index contributed by atoms with van der Waals surface area (Å²) in [5.74, 6) is 0. The van der Waals surface area contributed by atoms with Crippen LogP contribution in [0.1, 0.15) is 11.8 Å². The van der Waals surface area contributed by atoms with Gasteiger partial charge in [-0.1, -0.05) is 4.49 Å². The summed E-state index contributed by atoms with van der Waals surface area (Å²) >= 11 is 1.37. The molecule has 64 valence electrons. The third-order valence-electron chi connectivity index (χ3n) is 1.66. The first-order chi connectivity index (χ1) is 5.74. The number of hydrogen-bond donors (Lipinski definition) is 0. The molecule has 0 aliphatic heterocycles. The standard InChI is InChI=1S/C7H10N4S/c1-6(3-8)11(2)5-7-4-9-10-12-7/h4,6H,5H2,1-2H3. The lowest BCUT2D eigenvalue weighted by molar-refractivity contribution is 0.297. The van der Waals surface area contributed by atoms with Crippen LogP contribution < -0.4 is 0 Å². The van der Waals surface area contributed by atoms with Gasteiger partial charge in [-0.05, 0) is 25.5 Å². The number of aromatic nitrogens is 2. The average molecular weight is 182 g/mol. The Kier molecular flexibility index (Phi) is 3.14. The van der Waals surface area contributed by atoms with Gasteiger partial charge in [0.05, 0.1) is 23.2 Å². The van der Waals surface area contributed by atoms with Crippen molar-refractivity contribution >= 4 is 11.5 Å². The molecule has 1 unspecified atom stereocenters. The third-order valence-corrected chi connectivity index (χ3v) is 2.31. The van der Waals surface area contributed by atoms with Crippen LogP contribution in [0.3, 0.4) is 0 Å². The SMILES string of the molecule is CC(C#N)N(C)Cc1cnns1. The van der Waals surface area contributed by atoms with E-state index in [4.69, 9.17) is 5.26 Å². The second-order valence-electron chi connectivity index (χ2n) is 2.60. The summed E-state index contributed by atoms with van der Waals surface area (Å²) in [5, 5.41) is 12.3. The van der Waals surface area contributed by atoms with Crippen molar-refractivity contribution in [3.05, 3.63) is 11.1 Å². The summed E-state index contributed by atoms with van der Waals surface area (Å²) in [6, 6.07) is 2.10. The smallest absolute Gasteiger partial charge is 0.0950 e. The maximum atomic E-state index is 8.61. The minimum absolute atomic E-state index is 0.0629. The molecule has 0 spiro atoms.